The first kappa shape index (κ1) is 23.2. The molecule has 1 aliphatic carbocycles. The first-order valence-corrected chi connectivity index (χ1v) is 12.8. The van der Waals surface area contributed by atoms with Gasteiger partial charge >= 0.3 is 0 Å². The molecule has 11 heteroatoms. The molecule has 1 saturated carbocycles. The number of hydrogen-bond acceptors (Lipinski definition) is 7. The van der Waals surface area contributed by atoms with Gasteiger partial charge in [-0.2, -0.15) is 5.10 Å². The molecule has 0 aliphatic heterocycles. The van der Waals surface area contributed by atoms with Gasteiger partial charge in [-0.15, -0.1) is 0 Å². The number of amides is 1. The molecule has 7 rings (SSSR count). The number of aromatic amines is 2. The topological polar surface area (TPSA) is 138 Å². The smallest absolute Gasteiger partial charge is 0.227 e. The van der Waals surface area contributed by atoms with E-state index in [1.807, 2.05) is 12.1 Å². The lowest BCUT2D eigenvalue weighted by Crippen LogP contribution is -2.24. The van der Waals surface area contributed by atoms with Crippen LogP contribution in [0.15, 0.2) is 59.9 Å². The Morgan fingerprint density at radius 2 is 1.92 bits per heavy atom. The molecule has 6 heterocycles. The van der Waals surface area contributed by atoms with Gasteiger partial charge in [-0.3, -0.25) is 14.9 Å². The van der Waals surface area contributed by atoms with Crippen LogP contribution in [0.5, 0.6) is 0 Å². The predicted octanol–water partition coefficient (Wildman–Crippen LogP) is 5.88. The van der Waals surface area contributed by atoms with E-state index in [9.17, 15) is 4.79 Å². The van der Waals surface area contributed by atoms with Crippen molar-refractivity contribution in [2.75, 3.05) is 5.32 Å². The fourth-order valence-corrected chi connectivity index (χ4v) is 5.28. The van der Waals surface area contributed by atoms with E-state index < -0.39 is 5.82 Å². The average molecular weight is 523 g/mol. The molecule has 3 N–H and O–H groups in total. The number of fused-ring (bicyclic) bond motifs is 2. The molecule has 39 heavy (non-hydrogen) atoms. The van der Waals surface area contributed by atoms with Gasteiger partial charge in [0.1, 0.15) is 11.5 Å². The number of halogens is 1. The van der Waals surface area contributed by atoms with Gasteiger partial charge in [-0.25, -0.2) is 19.3 Å². The minimum atomic E-state index is -0.523. The lowest BCUT2D eigenvalue weighted by Gasteiger charge is -2.20. The molecule has 6 aromatic rings. The maximum atomic E-state index is 16.1. The van der Waals surface area contributed by atoms with Crippen molar-refractivity contribution >= 4 is 33.8 Å². The third kappa shape index (κ3) is 4.12. The van der Waals surface area contributed by atoms with Crippen LogP contribution in [0.2, 0.25) is 0 Å². The number of carbonyl (C=O) groups excluding carboxylic acids is 1. The van der Waals surface area contributed by atoms with Crippen molar-refractivity contribution in [2.45, 2.75) is 32.1 Å². The van der Waals surface area contributed by atoms with Crippen molar-refractivity contribution in [3.05, 3.63) is 61.3 Å². The van der Waals surface area contributed by atoms with Crippen LogP contribution in [0, 0.1) is 11.7 Å². The molecular formula is C28H23FN8O2. The Morgan fingerprint density at radius 1 is 1.03 bits per heavy atom. The Bertz CT molecular complexity index is 1820. The molecule has 194 valence electrons. The minimum absolute atomic E-state index is 0.00188. The quantitative estimate of drug-likeness (QED) is 0.257. The first-order valence-electron chi connectivity index (χ1n) is 12.8. The van der Waals surface area contributed by atoms with E-state index in [0.717, 1.165) is 36.8 Å². The summed E-state index contributed by atoms with van der Waals surface area (Å²) in [4.78, 5) is 33.6. The fourth-order valence-electron chi connectivity index (χ4n) is 5.28. The second-order valence-corrected chi connectivity index (χ2v) is 9.72. The second kappa shape index (κ2) is 9.43. The summed E-state index contributed by atoms with van der Waals surface area (Å²) in [7, 11) is 0. The van der Waals surface area contributed by atoms with Gasteiger partial charge in [0.05, 0.1) is 35.3 Å². The van der Waals surface area contributed by atoms with Gasteiger partial charge < -0.3 is 14.7 Å². The largest absolute Gasteiger partial charge is 0.472 e. The van der Waals surface area contributed by atoms with Crippen LogP contribution in [0.1, 0.15) is 32.1 Å². The van der Waals surface area contributed by atoms with Crippen LogP contribution in [-0.4, -0.2) is 41.0 Å². The van der Waals surface area contributed by atoms with Crippen LogP contribution >= 0.6 is 0 Å². The van der Waals surface area contributed by atoms with E-state index in [-0.39, 0.29) is 28.4 Å². The summed E-state index contributed by atoms with van der Waals surface area (Å²) < 4.78 is 21.3. The number of carbonyl (C=O) groups is 1. The van der Waals surface area contributed by atoms with Crippen molar-refractivity contribution < 1.29 is 13.6 Å². The molecule has 0 saturated heterocycles. The maximum absolute atomic E-state index is 16.1. The van der Waals surface area contributed by atoms with Gasteiger partial charge in [-0.05, 0) is 31.0 Å². The monoisotopic (exact) mass is 522 g/mol. The molecule has 0 atom stereocenters. The summed E-state index contributed by atoms with van der Waals surface area (Å²) in [6.45, 7) is 0. The molecule has 0 radical (unpaired) electrons. The number of imidazole rings is 1. The Kier molecular flexibility index (Phi) is 5.61. The Labute approximate surface area is 221 Å². The minimum Gasteiger partial charge on any atom is -0.472 e. The number of furan rings is 1. The van der Waals surface area contributed by atoms with E-state index in [1.165, 1.54) is 12.6 Å². The van der Waals surface area contributed by atoms with Crippen molar-refractivity contribution in [3.63, 3.8) is 0 Å². The number of nitrogens with one attached hydrogen (secondary N) is 3. The summed E-state index contributed by atoms with van der Waals surface area (Å²) in [6, 6.07) is 5.41. The predicted molar refractivity (Wildman–Crippen MR) is 143 cm³/mol. The molecule has 0 spiro atoms. The molecule has 1 fully saturated rings. The van der Waals surface area contributed by atoms with Crippen LogP contribution in [0.25, 0.3) is 56.0 Å². The third-order valence-corrected chi connectivity index (χ3v) is 7.27. The summed E-state index contributed by atoms with van der Waals surface area (Å²) in [5.74, 6) is -0.170. The number of aromatic nitrogens is 7. The number of nitrogens with zero attached hydrogens (tertiary/aromatic N) is 5. The Morgan fingerprint density at radius 3 is 2.77 bits per heavy atom. The number of anilines is 1. The van der Waals surface area contributed by atoms with Crippen LogP contribution < -0.4 is 5.32 Å². The number of pyridine rings is 3. The standard InChI is InChI=1S/C28H23FN8O2/c29-22-20(17-10-18(12-30-11-17)33-28(38)15-4-2-1-3-5-15)13-32-25-21(22)24(36-37-25)27-34-23-19(16-7-9-39-14-16)6-8-31-26(23)35-27/h6-15H,1-5H2,(H,33,38)(H,31,34,35)(H,32,36,37). The third-order valence-electron chi connectivity index (χ3n) is 7.27. The summed E-state index contributed by atoms with van der Waals surface area (Å²) in [5, 5.41) is 10.2. The van der Waals surface area contributed by atoms with Crippen LogP contribution in [0.3, 0.4) is 0 Å². The van der Waals surface area contributed by atoms with E-state index in [1.54, 1.807) is 37.2 Å². The zero-order chi connectivity index (χ0) is 26.3. The summed E-state index contributed by atoms with van der Waals surface area (Å²) in [6.07, 6.45) is 14.5. The van der Waals surface area contributed by atoms with E-state index in [2.05, 4.69) is 40.4 Å². The number of H-pyrrole nitrogens is 2. The Hall–Kier alpha value is -4.93. The normalized spacial score (nSPS) is 14.3. The van der Waals surface area contributed by atoms with Crippen LogP contribution in [-0.2, 0) is 4.79 Å². The van der Waals surface area contributed by atoms with Crippen LogP contribution in [0.4, 0.5) is 10.1 Å². The fraction of sp³-hybridized carbons (Fsp3) is 0.214. The van der Waals surface area contributed by atoms with Gasteiger partial charge in [0, 0.05) is 46.8 Å². The highest BCUT2D eigenvalue weighted by molar-refractivity contribution is 5.97. The van der Waals surface area contributed by atoms with Gasteiger partial charge in [0.25, 0.3) is 0 Å². The molecule has 6 aromatic heterocycles. The Balaban J connectivity index is 1.26. The number of hydrogen-bond donors (Lipinski definition) is 3. The SMILES string of the molecule is O=C(Nc1cncc(-c2cnc3n[nH]c(-c4nc5nccc(-c6ccoc6)c5[nH]4)c3c2F)c1)C1CCCCC1. The van der Waals surface area contributed by atoms with E-state index >= 15 is 4.39 Å². The van der Waals surface area contributed by atoms with E-state index in [4.69, 9.17) is 4.42 Å². The lowest BCUT2D eigenvalue weighted by molar-refractivity contribution is -0.120. The van der Waals surface area contributed by atoms with Crippen molar-refractivity contribution in [3.8, 4) is 33.8 Å². The molecule has 10 nitrogen and oxygen atoms in total. The molecule has 0 unspecified atom stereocenters. The van der Waals surface area contributed by atoms with Gasteiger partial charge in [0.2, 0.25) is 5.91 Å². The van der Waals surface area contributed by atoms with Crippen molar-refractivity contribution in [1.29, 1.82) is 0 Å². The molecule has 0 bridgehead atoms. The first-order chi connectivity index (χ1) is 19.2. The molecule has 1 aliphatic rings. The zero-order valence-corrected chi connectivity index (χ0v) is 20.7. The maximum Gasteiger partial charge on any atom is 0.227 e. The average Bonchev–Trinajstić information content (AvgIpc) is 3.73. The van der Waals surface area contributed by atoms with Gasteiger partial charge in [-0.1, -0.05) is 19.3 Å². The second-order valence-electron chi connectivity index (χ2n) is 9.72. The summed E-state index contributed by atoms with van der Waals surface area (Å²) >= 11 is 0. The highest BCUT2D eigenvalue weighted by atomic mass is 19.1. The lowest BCUT2D eigenvalue weighted by atomic mass is 9.88. The summed E-state index contributed by atoms with van der Waals surface area (Å²) in [5.41, 5.74) is 4.69. The molecule has 1 amide bonds. The van der Waals surface area contributed by atoms with Crippen molar-refractivity contribution in [1.82, 2.24) is 35.1 Å². The molecule has 0 aromatic carbocycles. The van der Waals surface area contributed by atoms with Crippen molar-refractivity contribution in [2.24, 2.45) is 5.92 Å². The van der Waals surface area contributed by atoms with E-state index in [0.29, 0.717) is 33.9 Å². The highest BCUT2D eigenvalue weighted by Gasteiger charge is 2.23. The zero-order valence-electron chi connectivity index (χ0n) is 20.7. The number of rotatable bonds is 5. The highest BCUT2D eigenvalue weighted by Crippen LogP contribution is 2.35. The van der Waals surface area contributed by atoms with Gasteiger partial charge in [0.15, 0.2) is 17.1 Å². The molecular weight excluding hydrogens is 499 g/mol.